The van der Waals surface area contributed by atoms with Gasteiger partial charge in [0.25, 0.3) is 0 Å². The number of rotatable bonds is 5. The smallest absolute Gasteiger partial charge is 0.335 e. The molecule has 2 aromatic heterocycles. The minimum absolute atomic E-state index is 0.175. The summed E-state index contributed by atoms with van der Waals surface area (Å²) in [6, 6.07) is 15.0. The molecular weight excluding hydrogens is 400 g/mol. The van der Waals surface area contributed by atoms with Gasteiger partial charge in [0, 0.05) is 20.2 Å². The zero-order valence-corrected chi connectivity index (χ0v) is 17.7. The third-order valence-electron chi connectivity index (χ3n) is 4.82. The number of hydrogen-bond donors (Lipinski definition) is 2. The first-order chi connectivity index (χ1) is 14.5. The molecule has 0 saturated carbocycles. The summed E-state index contributed by atoms with van der Waals surface area (Å²) >= 11 is 1.66. The van der Waals surface area contributed by atoms with Crippen LogP contribution >= 0.6 is 11.5 Å². The number of aryl methyl sites for hydroxylation is 2. The first-order valence-electron chi connectivity index (χ1n) is 9.49. The van der Waals surface area contributed by atoms with Gasteiger partial charge in [-0.25, -0.2) is 9.78 Å². The van der Waals surface area contributed by atoms with Gasteiger partial charge in [0.1, 0.15) is 11.6 Å². The molecule has 0 amide bonds. The van der Waals surface area contributed by atoms with Gasteiger partial charge in [-0.1, -0.05) is 23.7 Å². The van der Waals surface area contributed by atoms with Crippen LogP contribution in [0.4, 0.5) is 11.5 Å². The van der Waals surface area contributed by atoms with Gasteiger partial charge in [-0.3, -0.25) is 3.96 Å². The van der Waals surface area contributed by atoms with Gasteiger partial charge < -0.3 is 19.7 Å². The number of aromatic carboxylic acids is 1. The fourth-order valence-corrected chi connectivity index (χ4v) is 4.30. The number of ether oxygens (including phenoxy) is 1. The van der Waals surface area contributed by atoms with Crippen LogP contribution in [0.15, 0.2) is 54.7 Å². The van der Waals surface area contributed by atoms with Crippen LogP contribution in [-0.4, -0.2) is 31.2 Å². The van der Waals surface area contributed by atoms with E-state index in [0.29, 0.717) is 23.9 Å². The van der Waals surface area contributed by atoms with Crippen molar-refractivity contribution in [3.8, 4) is 5.75 Å². The number of benzene rings is 2. The molecule has 0 aliphatic carbocycles. The van der Waals surface area contributed by atoms with Crippen LogP contribution in [0.5, 0.6) is 5.75 Å². The van der Waals surface area contributed by atoms with E-state index in [4.69, 9.17) is 4.74 Å². The number of anilines is 2. The highest BCUT2D eigenvalue weighted by Gasteiger charge is 2.11. The van der Waals surface area contributed by atoms with Crippen molar-refractivity contribution >= 4 is 50.3 Å². The lowest BCUT2D eigenvalue weighted by Gasteiger charge is -2.13. The number of nitrogens with zero attached hydrogens (tertiary/aromatic N) is 3. The van der Waals surface area contributed by atoms with Crippen LogP contribution in [0.1, 0.15) is 17.3 Å². The van der Waals surface area contributed by atoms with Crippen molar-refractivity contribution in [3.63, 3.8) is 0 Å². The lowest BCUT2D eigenvalue weighted by Crippen LogP contribution is -2.03. The van der Waals surface area contributed by atoms with Crippen LogP contribution in [0, 0.1) is 0 Å². The van der Waals surface area contributed by atoms with E-state index in [0.717, 1.165) is 21.3 Å². The Labute approximate surface area is 177 Å². The van der Waals surface area contributed by atoms with E-state index in [1.165, 1.54) is 6.07 Å². The molecule has 0 atom stereocenters. The summed E-state index contributed by atoms with van der Waals surface area (Å²) in [7, 11) is 4.06. The molecule has 4 rings (SSSR count). The van der Waals surface area contributed by atoms with Gasteiger partial charge in [-0.2, -0.15) is 0 Å². The average molecular weight is 423 g/mol. The number of aromatic nitrogens is 3. The monoisotopic (exact) mass is 422 g/mol. The van der Waals surface area contributed by atoms with Crippen molar-refractivity contribution in [2.45, 2.75) is 6.92 Å². The average Bonchev–Trinajstić information content (AvgIpc) is 2.84. The maximum atomic E-state index is 11.3. The standard InChI is InChI=1S/C22H22N4O3S/c1-4-29-19-11-14(22(27)28)9-10-15(19)24-21-12-17-18(13-23-21)26(3)30-20-8-6-5-7-16(20)25(17)2/h5-13H,4H2,1-3H3,(H,23,24)(H,27,28). The Hall–Kier alpha value is -3.52. The third kappa shape index (κ3) is 3.69. The van der Waals surface area contributed by atoms with Crippen LogP contribution < -0.4 is 10.1 Å². The number of para-hydroxylation sites is 1. The third-order valence-corrected chi connectivity index (χ3v) is 5.83. The number of hydrogen-bond acceptors (Lipinski definition) is 5. The van der Waals surface area contributed by atoms with Gasteiger partial charge >= 0.3 is 5.97 Å². The van der Waals surface area contributed by atoms with E-state index in [2.05, 4.69) is 31.0 Å². The van der Waals surface area contributed by atoms with Crippen LogP contribution in [-0.2, 0) is 14.1 Å². The number of nitrogens with one attached hydrogen (secondary N) is 1. The normalized spacial score (nSPS) is 10.9. The van der Waals surface area contributed by atoms with E-state index < -0.39 is 5.97 Å². The highest BCUT2D eigenvalue weighted by atomic mass is 32.1. The summed E-state index contributed by atoms with van der Waals surface area (Å²) in [5.74, 6) is 0.120. The molecule has 2 aromatic carbocycles. The first-order valence-corrected chi connectivity index (χ1v) is 10.3. The fraction of sp³-hybridized carbons (Fsp3) is 0.182. The fourth-order valence-electron chi connectivity index (χ4n) is 3.33. The topological polar surface area (TPSA) is 81.3 Å². The van der Waals surface area contributed by atoms with E-state index in [-0.39, 0.29) is 5.56 Å². The molecule has 2 heterocycles. The molecule has 8 heteroatoms. The second kappa shape index (κ2) is 8.08. The Morgan fingerprint density at radius 2 is 1.93 bits per heavy atom. The van der Waals surface area contributed by atoms with Crippen molar-refractivity contribution in [1.29, 1.82) is 0 Å². The van der Waals surface area contributed by atoms with E-state index >= 15 is 0 Å². The minimum Gasteiger partial charge on any atom is -0.492 e. The first kappa shape index (κ1) is 19.8. The number of carboxylic acid groups (broad SMARTS) is 1. The molecule has 0 radical (unpaired) electrons. The molecule has 0 saturated heterocycles. The van der Waals surface area contributed by atoms with Gasteiger partial charge in [-0.05, 0) is 37.3 Å². The minimum atomic E-state index is -0.994. The van der Waals surface area contributed by atoms with E-state index in [1.807, 2.05) is 45.4 Å². The molecule has 2 N–H and O–H groups in total. The molecule has 0 spiro atoms. The van der Waals surface area contributed by atoms with Crippen LogP contribution in [0.2, 0.25) is 0 Å². The summed E-state index contributed by atoms with van der Waals surface area (Å²) < 4.78 is 11.0. The summed E-state index contributed by atoms with van der Waals surface area (Å²) in [5.41, 5.74) is 3.96. The molecule has 154 valence electrons. The Balaban J connectivity index is 1.84. The molecular formula is C22H22N4O3S. The molecule has 0 unspecified atom stereocenters. The Morgan fingerprint density at radius 1 is 1.13 bits per heavy atom. The molecule has 7 nitrogen and oxygen atoms in total. The highest BCUT2D eigenvalue weighted by Crippen LogP contribution is 2.30. The predicted octanol–water partition coefficient (Wildman–Crippen LogP) is 5.09. The summed E-state index contributed by atoms with van der Waals surface area (Å²) in [5, 5.41) is 12.5. The second-order valence-electron chi connectivity index (χ2n) is 6.75. The molecule has 0 aliphatic heterocycles. The lowest BCUT2D eigenvalue weighted by atomic mass is 10.2. The quantitative estimate of drug-likeness (QED) is 0.468. The summed E-state index contributed by atoms with van der Waals surface area (Å²) in [6.07, 6.45) is 1.83. The second-order valence-corrected chi connectivity index (χ2v) is 7.92. The maximum Gasteiger partial charge on any atom is 0.335 e. The van der Waals surface area contributed by atoms with Gasteiger partial charge in [-0.15, -0.1) is 0 Å². The SMILES string of the molecule is CCOc1cc(C(=O)O)ccc1Nc1cc2c(cn1)n(C)sc1ccccc1n2C. The molecule has 0 aliphatic rings. The Kier molecular flexibility index (Phi) is 5.33. The molecule has 30 heavy (non-hydrogen) atoms. The predicted molar refractivity (Wildman–Crippen MR) is 121 cm³/mol. The maximum absolute atomic E-state index is 11.3. The van der Waals surface area contributed by atoms with Crippen LogP contribution in [0.25, 0.3) is 21.3 Å². The van der Waals surface area contributed by atoms with Crippen molar-refractivity contribution in [3.05, 3.63) is 60.3 Å². The van der Waals surface area contributed by atoms with Crippen molar-refractivity contribution in [2.24, 2.45) is 14.1 Å². The lowest BCUT2D eigenvalue weighted by molar-refractivity contribution is 0.0696. The number of pyridine rings is 1. The van der Waals surface area contributed by atoms with E-state index in [9.17, 15) is 9.90 Å². The number of carboxylic acids is 1. The Bertz CT molecular complexity index is 1300. The van der Waals surface area contributed by atoms with Crippen molar-refractivity contribution < 1.29 is 14.6 Å². The summed E-state index contributed by atoms with van der Waals surface area (Å²) in [4.78, 5) is 15.9. The van der Waals surface area contributed by atoms with Crippen molar-refractivity contribution in [1.82, 2.24) is 13.5 Å². The van der Waals surface area contributed by atoms with E-state index in [1.54, 1.807) is 23.7 Å². The van der Waals surface area contributed by atoms with Gasteiger partial charge in [0.2, 0.25) is 0 Å². The van der Waals surface area contributed by atoms with Gasteiger partial charge in [0.15, 0.2) is 0 Å². The highest BCUT2D eigenvalue weighted by molar-refractivity contribution is 7.13. The zero-order valence-electron chi connectivity index (χ0n) is 16.9. The number of carbonyl (C=O) groups is 1. The largest absolute Gasteiger partial charge is 0.492 e. The Morgan fingerprint density at radius 3 is 2.70 bits per heavy atom. The zero-order chi connectivity index (χ0) is 21.3. The molecule has 4 aromatic rings. The van der Waals surface area contributed by atoms with Gasteiger partial charge in [0.05, 0.1) is 45.3 Å². The summed E-state index contributed by atoms with van der Waals surface area (Å²) in [6.45, 7) is 2.29. The van der Waals surface area contributed by atoms with Crippen LogP contribution in [0.3, 0.4) is 0 Å². The molecule has 0 fully saturated rings. The van der Waals surface area contributed by atoms with Crippen molar-refractivity contribution in [2.75, 3.05) is 11.9 Å². The molecule has 0 bridgehead atoms. The number of fused-ring (bicyclic) bond motifs is 2.